The van der Waals surface area contributed by atoms with Gasteiger partial charge >= 0.3 is 5.97 Å². The van der Waals surface area contributed by atoms with Crippen LogP contribution in [0.2, 0.25) is 5.15 Å². The standard InChI is InChI=1S/C14H11ClN2O3S/c15-11-8(4-2-6-16-11)12(18)17-13-10(14(19)20)7-3-1-5-9(7)21-13/h2,4,6H,1,3,5H2,(H,17,18)(H,19,20). The minimum absolute atomic E-state index is 0.0935. The Morgan fingerprint density at radius 3 is 2.90 bits per heavy atom. The summed E-state index contributed by atoms with van der Waals surface area (Å²) in [5.41, 5.74) is 1.28. The maximum Gasteiger partial charge on any atom is 0.339 e. The lowest BCUT2D eigenvalue weighted by Crippen LogP contribution is -2.14. The van der Waals surface area contributed by atoms with Gasteiger partial charge in [0, 0.05) is 11.1 Å². The molecule has 1 aliphatic carbocycles. The number of carbonyl (C=O) groups is 2. The lowest BCUT2D eigenvalue weighted by molar-refractivity contribution is 0.0697. The number of anilines is 1. The molecule has 7 heteroatoms. The number of hydrogen-bond donors (Lipinski definition) is 2. The van der Waals surface area contributed by atoms with Crippen molar-refractivity contribution in [1.82, 2.24) is 4.98 Å². The van der Waals surface area contributed by atoms with E-state index >= 15 is 0 Å². The largest absolute Gasteiger partial charge is 0.478 e. The molecule has 5 nitrogen and oxygen atoms in total. The number of carboxylic acid groups (broad SMARTS) is 1. The van der Waals surface area contributed by atoms with Gasteiger partial charge in [-0.2, -0.15) is 0 Å². The summed E-state index contributed by atoms with van der Waals surface area (Å²) in [7, 11) is 0. The lowest BCUT2D eigenvalue weighted by Gasteiger charge is -2.06. The molecule has 0 bridgehead atoms. The van der Waals surface area contributed by atoms with Crippen LogP contribution < -0.4 is 5.32 Å². The summed E-state index contributed by atoms with van der Waals surface area (Å²) in [5.74, 6) is -1.46. The molecule has 3 rings (SSSR count). The summed E-state index contributed by atoms with van der Waals surface area (Å²) in [6, 6.07) is 3.15. The van der Waals surface area contributed by atoms with E-state index in [0.717, 1.165) is 29.7 Å². The molecule has 0 aliphatic heterocycles. The van der Waals surface area contributed by atoms with Crippen LogP contribution in [0.25, 0.3) is 0 Å². The molecule has 0 atom stereocenters. The molecule has 108 valence electrons. The van der Waals surface area contributed by atoms with Crippen molar-refractivity contribution in [2.45, 2.75) is 19.3 Å². The maximum atomic E-state index is 12.2. The van der Waals surface area contributed by atoms with Gasteiger partial charge in [0.25, 0.3) is 5.91 Å². The second kappa shape index (κ2) is 5.46. The molecule has 0 aromatic carbocycles. The van der Waals surface area contributed by atoms with Crippen LogP contribution in [0.15, 0.2) is 18.3 Å². The Morgan fingerprint density at radius 2 is 2.19 bits per heavy atom. The number of pyridine rings is 1. The number of halogens is 1. The second-order valence-corrected chi connectivity index (χ2v) is 6.13. The Bertz CT molecular complexity index is 742. The molecule has 0 fully saturated rings. The number of aryl methyl sites for hydroxylation is 1. The van der Waals surface area contributed by atoms with E-state index in [1.165, 1.54) is 17.5 Å². The topological polar surface area (TPSA) is 79.3 Å². The van der Waals surface area contributed by atoms with Crippen LogP contribution >= 0.6 is 22.9 Å². The number of nitrogens with one attached hydrogen (secondary N) is 1. The van der Waals surface area contributed by atoms with Crippen molar-refractivity contribution in [2.24, 2.45) is 0 Å². The maximum absolute atomic E-state index is 12.2. The first kappa shape index (κ1) is 14.0. The number of hydrogen-bond acceptors (Lipinski definition) is 4. The highest BCUT2D eigenvalue weighted by atomic mass is 35.5. The molecule has 21 heavy (non-hydrogen) atoms. The van der Waals surface area contributed by atoms with Crippen LogP contribution in [-0.2, 0) is 12.8 Å². The first-order valence-corrected chi connectivity index (χ1v) is 7.57. The molecule has 0 radical (unpaired) electrons. The highest BCUT2D eigenvalue weighted by Gasteiger charge is 2.27. The van der Waals surface area contributed by atoms with Gasteiger partial charge in [0.1, 0.15) is 10.2 Å². The summed E-state index contributed by atoms with van der Waals surface area (Å²) in [6.07, 6.45) is 4.06. The third-order valence-electron chi connectivity index (χ3n) is 3.37. The molecular formula is C14H11ClN2O3S. The number of carbonyl (C=O) groups excluding carboxylic acids is 1. The van der Waals surface area contributed by atoms with Crippen molar-refractivity contribution < 1.29 is 14.7 Å². The van der Waals surface area contributed by atoms with Crippen LogP contribution in [0.4, 0.5) is 5.00 Å². The molecule has 0 spiro atoms. The van der Waals surface area contributed by atoms with Gasteiger partial charge in [-0.3, -0.25) is 4.79 Å². The predicted octanol–water partition coefficient (Wildman–Crippen LogP) is 3.24. The normalized spacial score (nSPS) is 13.0. The molecule has 2 aromatic heterocycles. The van der Waals surface area contributed by atoms with Crippen molar-refractivity contribution in [3.63, 3.8) is 0 Å². The average molecular weight is 323 g/mol. The average Bonchev–Trinajstić information content (AvgIpc) is 2.98. The number of fused-ring (bicyclic) bond motifs is 1. The number of aromatic carboxylic acids is 1. The van der Waals surface area contributed by atoms with Crippen molar-refractivity contribution in [1.29, 1.82) is 0 Å². The highest BCUT2D eigenvalue weighted by molar-refractivity contribution is 7.17. The van der Waals surface area contributed by atoms with E-state index in [1.54, 1.807) is 12.1 Å². The van der Waals surface area contributed by atoms with Gasteiger partial charge in [-0.15, -0.1) is 11.3 Å². The van der Waals surface area contributed by atoms with Crippen LogP contribution in [-0.4, -0.2) is 22.0 Å². The van der Waals surface area contributed by atoms with E-state index in [1.807, 2.05) is 0 Å². The third kappa shape index (κ3) is 2.52. The molecule has 0 saturated heterocycles. The summed E-state index contributed by atoms with van der Waals surface area (Å²) in [6.45, 7) is 0. The number of aromatic nitrogens is 1. The van der Waals surface area contributed by atoms with E-state index in [9.17, 15) is 14.7 Å². The van der Waals surface area contributed by atoms with E-state index in [4.69, 9.17) is 11.6 Å². The summed E-state index contributed by atoms with van der Waals surface area (Å²) in [5, 5.41) is 12.5. The summed E-state index contributed by atoms with van der Waals surface area (Å²) >= 11 is 7.21. The van der Waals surface area contributed by atoms with Crippen molar-refractivity contribution in [3.8, 4) is 0 Å². The molecular weight excluding hydrogens is 312 g/mol. The van der Waals surface area contributed by atoms with E-state index < -0.39 is 11.9 Å². The van der Waals surface area contributed by atoms with Crippen molar-refractivity contribution in [2.75, 3.05) is 5.32 Å². The monoisotopic (exact) mass is 322 g/mol. The summed E-state index contributed by atoms with van der Waals surface area (Å²) in [4.78, 5) is 28.5. The Kier molecular flexibility index (Phi) is 3.65. The van der Waals surface area contributed by atoms with Gasteiger partial charge in [-0.05, 0) is 37.0 Å². The van der Waals surface area contributed by atoms with Crippen LogP contribution in [0.3, 0.4) is 0 Å². The van der Waals surface area contributed by atoms with Crippen LogP contribution in [0.1, 0.15) is 37.6 Å². The molecule has 0 unspecified atom stereocenters. The molecule has 2 N–H and O–H groups in total. The van der Waals surface area contributed by atoms with E-state index in [0.29, 0.717) is 5.00 Å². The number of amides is 1. The molecule has 0 saturated carbocycles. The van der Waals surface area contributed by atoms with Gasteiger partial charge in [0.05, 0.1) is 11.1 Å². The zero-order valence-electron chi connectivity index (χ0n) is 10.9. The zero-order chi connectivity index (χ0) is 15.0. The summed E-state index contributed by atoms with van der Waals surface area (Å²) < 4.78 is 0. The SMILES string of the molecule is O=C(Nc1sc2c(c1C(=O)O)CCC2)c1cccnc1Cl. The minimum Gasteiger partial charge on any atom is -0.478 e. The number of rotatable bonds is 3. The van der Waals surface area contributed by atoms with Crippen molar-refractivity contribution in [3.05, 3.63) is 45.1 Å². The minimum atomic E-state index is -1.01. The smallest absolute Gasteiger partial charge is 0.339 e. The highest BCUT2D eigenvalue weighted by Crippen LogP contribution is 2.39. The Hall–Kier alpha value is -1.92. The molecule has 2 aromatic rings. The first-order valence-electron chi connectivity index (χ1n) is 6.37. The van der Waals surface area contributed by atoms with Gasteiger partial charge in [0.15, 0.2) is 0 Å². The second-order valence-electron chi connectivity index (χ2n) is 4.66. The van der Waals surface area contributed by atoms with Crippen molar-refractivity contribution >= 4 is 39.8 Å². The first-order chi connectivity index (χ1) is 10.1. The van der Waals surface area contributed by atoms with E-state index in [2.05, 4.69) is 10.3 Å². The Balaban J connectivity index is 1.94. The van der Waals surface area contributed by atoms with E-state index in [-0.39, 0.29) is 16.3 Å². The fourth-order valence-corrected chi connectivity index (χ4v) is 3.93. The third-order valence-corrected chi connectivity index (χ3v) is 4.87. The quantitative estimate of drug-likeness (QED) is 0.850. The Labute approximate surface area is 129 Å². The molecule has 1 aliphatic rings. The van der Waals surface area contributed by atoms with Gasteiger partial charge in [-0.1, -0.05) is 11.6 Å². The van der Waals surface area contributed by atoms with Gasteiger partial charge in [-0.25, -0.2) is 9.78 Å². The molecule has 1 amide bonds. The van der Waals surface area contributed by atoms with Gasteiger partial charge in [0.2, 0.25) is 0 Å². The number of carboxylic acids is 1. The van der Waals surface area contributed by atoms with Gasteiger partial charge < -0.3 is 10.4 Å². The zero-order valence-corrected chi connectivity index (χ0v) is 12.4. The fourth-order valence-electron chi connectivity index (χ4n) is 2.44. The lowest BCUT2D eigenvalue weighted by atomic mass is 10.1. The predicted molar refractivity (Wildman–Crippen MR) is 80.5 cm³/mol. The number of thiophene rings is 1. The number of nitrogens with zero attached hydrogens (tertiary/aromatic N) is 1. The molecule has 2 heterocycles. The Morgan fingerprint density at radius 1 is 1.38 bits per heavy atom. The fraction of sp³-hybridized carbons (Fsp3) is 0.214. The van der Waals surface area contributed by atoms with Crippen LogP contribution in [0.5, 0.6) is 0 Å². The van der Waals surface area contributed by atoms with Crippen LogP contribution in [0, 0.1) is 0 Å².